The molecule has 0 radical (unpaired) electrons. The fraction of sp³-hybridized carbons (Fsp3) is 0.0217. The van der Waals surface area contributed by atoms with Gasteiger partial charge >= 0.3 is 0 Å². The number of thiophene rings is 1. The molecule has 0 bridgehead atoms. The number of rotatable bonds is 5. The molecule has 0 aliphatic carbocycles. The maximum absolute atomic E-state index is 6.56. The first-order valence-corrected chi connectivity index (χ1v) is 18.2. The fourth-order valence-electron chi connectivity index (χ4n) is 7.81. The molecular weight excluding hydrogens is 657 g/mol. The van der Waals surface area contributed by atoms with E-state index >= 15 is 0 Å². The second-order valence-electron chi connectivity index (χ2n) is 13.2. The number of hydrogen-bond donors (Lipinski definition) is 0. The second kappa shape index (κ2) is 11.5. The predicted octanol–water partition coefficient (Wildman–Crippen LogP) is 12.2. The third-order valence-corrected chi connectivity index (χ3v) is 11.3. The van der Waals surface area contributed by atoms with E-state index in [1.54, 1.807) is 0 Å². The van der Waals surface area contributed by atoms with Crippen molar-refractivity contribution >= 4 is 75.3 Å². The molecule has 0 aliphatic heterocycles. The van der Waals surface area contributed by atoms with Crippen LogP contribution in [0.15, 0.2) is 162 Å². The molecule has 0 spiro atoms. The van der Waals surface area contributed by atoms with Gasteiger partial charge < -0.3 is 4.42 Å². The monoisotopic (exact) mass is 684 g/mol. The summed E-state index contributed by atoms with van der Waals surface area (Å²) in [6.07, 6.45) is 0.767. The number of furan rings is 1. The van der Waals surface area contributed by atoms with Gasteiger partial charge in [0.25, 0.3) is 0 Å². The van der Waals surface area contributed by atoms with E-state index in [0.29, 0.717) is 17.6 Å². The van der Waals surface area contributed by atoms with E-state index in [0.717, 1.165) is 61.3 Å². The molecule has 0 aliphatic rings. The molecule has 0 saturated carbocycles. The zero-order valence-corrected chi connectivity index (χ0v) is 28.6. The minimum atomic E-state index is 0.572. The maximum atomic E-state index is 6.56. The van der Waals surface area contributed by atoms with Gasteiger partial charge in [-0.05, 0) is 53.9 Å². The lowest BCUT2D eigenvalue weighted by Gasteiger charge is -2.12. The summed E-state index contributed by atoms with van der Waals surface area (Å²) in [7, 11) is 0. The summed E-state index contributed by atoms with van der Waals surface area (Å²) in [5.74, 6) is 1.78. The number of hydrogen-bond acceptors (Lipinski definition) is 5. The molecule has 0 saturated heterocycles. The molecule has 0 atom stereocenters. The van der Waals surface area contributed by atoms with Crippen LogP contribution in [0.5, 0.6) is 0 Å². The topological polar surface area (TPSA) is 56.7 Å². The van der Waals surface area contributed by atoms with Crippen molar-refractivity contribution in [3.63, 3.8) is 0 Å². The Bertz CT molecular complexity index is 3120. The molecule has 244 valence electrons. The molecule has 7 aromatic carbocycles. The molecule has 6 heteroatoms. The lowest BCUT2D eigenvalue weighted by atomic mass is 9.97. The largest absolute Gasteiger partial charge is 0.456 e. The molecule has 0 amide bonds. The van der Waals surface area contributed by atoms with Crippen LogP contribution < -0.4 is 0 Å². The summed E-state index contributed by atoms with van der Waals surface area (Å²) in [4.78, 5) is 15.6. The van der Waals surface area contributed by atoms with Crippen LogP contribution in [0.25, 0.3) is 92.6 Å². The van der Waals surface area contributed by atoms with Crippen molar-refractivity contribution in [1.82, 2.24) is 19.5 Å². The quantitative estimate of drug-likeness (QED) is 0.181. The van der Waals surface area contributed by atoms with Gasteiger partial charge in [0.1, 0.15) is 11.2 Å². The summed E-state index contributed by atoms with van der Waals surface area (Å²) in [6, 6.07) is 55.1. The van der Waals surface area contributed by atoms with E-state index < -0.39 is 0 Å². The number of nitrogens with zero attached hydrogens (tertiary/aromatic N) is 4. The molecule has 5 nitrogen and oxygen atoms in total. The Hall–Kier alpha value is -6.63. The molecule has 0 fully saturated rings. The highest BCUT2D eigenvalue weighted by Gasteiger charge is 2.21. The van der Waals surface area contributed by atoms with Gasteiger partial charge in [-0.25, -0.2) is 4.98 Å². The van der Waals surface area contributed by atoms with E-state index in [9.17, 15) is 0 Å². The Kier molecular flexibility index (Phi) is 6.42. The highest BCUT2D eigenvalue weighted by Crippen LogP contribution is 2.40. The molecule has 11 aromatic rings. The SMILES string of the molecule is c1ccc(-c2nc(-c3cccc4oc5cccc(Cc6ccc7c(c6)sc6ccccc67)c5c34)nc(-n3c4ccccc4c4ccccc43)n2)cc1. The Balaban J connectivity index is 1.13. The number of benzene rings is 7. The zero-order valence-electron chi connectivity index (χ0n) is 27.8. The lowest BCUT2D eigenvalue weighted by molar-refractivity contribution is 0.669. The van der Waals surface area contributed by atoms with Crippen molar-refractivity contribution in [3.8, 4) is 28.7 Å². The third kappa shape index (κ3) is 4.51. The van der Waals surface area contributed by atoms with Crippen molar-refractivity contribution in [1.29, 1.82) is 0 Å². The molecule has 0 unspecified atom stereocenters. The summed E-state index contributed by atoms with van der Waals surface area (Å²) in [5.41, 5.74) is 8.04. The molecule has 0 N–H and O–H groups in total. The van der Waals surface area contributed by atoms with Gasteiger partial charge in [-0.3, -0.25) is 4.57 Å². The highest BCUT2D eigenvalue weighted by molar-refractivity contribution is 7.25. The van der Waals surface area contributed by atoms with E-state index in [4.69, 9.17) is 19.4 Å². The Morgan fingerprint density at radius 1 is 0.500 bits per heavy atom. The number of fused-ring (bicyclic) bond motifs is 9. The van der Waals surface area contributed by atoms with Gasteiger partial charge in [0.2, 0.25) is 5.95 Å². The second-order valence-corrected chi connectivity index (χ2v) is 14.3. The van der Waals surface area contributed by atoms with Crippen LogP contribution in [-0.2, 0) is 6.42 Å². The molecule has 4 heterocycles. The Morgan fingerprint density at radius 2 is 1.15 bits per heavy atom. The summed E-state index contributed by atoms with van der Waals surface area (Å²) < 4.78 is 11.3. The van der Waals surface area contributed by atoms with Crippen molar-refractivity contribution in [2.45, 2.75) is 6.42 Å². The van der Waals surface area contributed by atoms with Crippen molar-refractivity contribution in [3.05, 3.63) is 169 Å². The van der Waals surface area contributed by atoms with Gasteiger partial charge in [-0.1, -0.05) is 121 Å². The molecule has 52 heavy (non-hydrogen) atoms. The summed E-state index contributed by atoms with van der Waals surface area (Å²) >= 11 is 1.85. The molecule has 4 aromatic heterocycles. The zero-order chi connectivity index (χ0) is 34.2. The first-order chi connectivity index (χ1) is 25.8. The van der Waals surface area contributed by atoms with Gasteiger partial charge in [0.15, 0.2) is 11.6 Å². The van der Waals surface area contributed by atoms with Crippen LogP contribution in [0.2, 0.25) is 0 Å². The number of para-hydroxylation sites is 2. The van der Waals surface area contributed by atoms with Crippen LogP contribution in [-0.4, -0.2) is 19.5 Å². The lowest BCUT2D eigenvalue weighted by Crippen LogP contribution is -2.06. The van der Waals surface area contributed by atoms with Gasteiger partial charge in [0.05, 0.1) is 11.0 Å². The standard InChI is InChI=1S/C46H28N4OS/c1-2-12-29(13-3-1)44-47-45(49-46(48-44)50-36-19-7-4-15-31(36)32-16-5-8-20-37(32)50)35-18-11-22-39-43(35)42-30(14-10-21-38(42)51-39)26-28-24-25-34-33-17-6-9-23-40(33)52-41(34)27-28/h1-25,27H,26H2. The predicted molar refractivity (Wildman–Crippen MR) is 214 cm³/mol. The highest BCUT2D eigenvalue weighted by atomic mass is 32.1. The summed E-state index contributed by atoms with van der Waals surface area (Å²) in [5, 5.41) is 7.03. The van der Waals surface area contributed by atoms with Crippen LogP contribution >= 0.6 is 11.3 Å². The fourth-order valence-corrected chi connectivity index (χ4v) is 8.98. The van der Waals surface area contributed by atoms with E-state index in [1.165, 1.54) is 31.3 Å². The van der Waals surface area contributed by atoms with E-state index in [1.807, 2.05) is 53.8 Å². The van der Waals surface area contributed by atoms with Gasteiger partial charge in [0, 0.05) is 52.8 Å². The number of aromatic nitrogens is 4. The van der Waals surface area contributed by atoms with Crippen LogP contribution in [0.1, 0.15) is 11.1 Å². The first-order valence-electron chi connectivity index (χ1n) is 17.4. The van der Waals surface area contributed by atoms with E-state index in [-0.39, 0.29) is 0 Å². The smallest absolute Gasteiger partial charge is 0.238 e. The van der Waals surface area contributed by atoms with Crippen LogP contribution in [0, 0.1) is 0 Å². The molecule has 11 rings (SSSR count). The minimum absolute atomic E-state index is 0.572. The van der Waals surface area contributed by atoms with Gasteiger partial charge in [-0.15, -0.1) is 11.3 Å². The Labute approximate surface area is 302 Å². The normalized spacial score (nSPS) is 11.9. The molecular formula is C46H28N4OS. The van der Waals surface area contributed by atoms with Gasteiger partial charge in [-0.2, -0.15) is 9.97 Å². The maximum Gasteiger partial charge on any atom is 0.238 e. The average Bonchev–Trinajstić information content (AvgIpc) is 3.88. The first kappa shape index (κ1) is 29.1. The third-order valence-electron chi connectivity index (χ3n) is 10.1. The van der Waals surface area contributed by atoms with Crippen molar-refractivity contribution in [2.24, 2.45) is 0 Å². The van der Waals surface area contributed by atoms with Crippen LogP contribution in [0.3, 0.4) is 0 Å². The van der Waals surface area contributed by atoms with E-state index in [2.05, 4.69) is 120 Å². The van der Waals surface area contributed by atoms with Crippen molar-refractivity contribution < 1.29 is 4.42 Å². The Morgan fingerprint density at radius 3 is 1.96 bits per heavy atom. The summed E-state index contributed by atoms with van der Waals surface area (Å²) in [6.45, 7) is 0. The van der Waals surface area contributed by atoms with Crippen molar-refractivity contribution in [2.75, 3.05) is 0 Å². The minimum Gasteiger partial charge on any atom is -0.456 e. The average molecular weight is 685 g/mol. The van der Waals surface area contributed by atoms with Crippen LogP contribution in [0.4, 0.5) is 0 Å².